The van der Waals surface area contributed by atoms with E-state index in [1.807, 2.05) is 0 Å². The molecule has 3 amide bonds. The molecule has 0 spiro atoms. The van der Waals surface area contributed by atoms with E-state index in [0.717, 1.165) is 4.90 Å². The predicted octanol–water partition coefficient (Wildman–Crippen LogP) is 3.61. The zero-order valence-electron chi connectivity index (χ0n) is 16.0. The number of halogens is 2. The molecule has 4 rings (SSSR count). The lowest BCUT2D eigenvalue weighted by molar-refractivity contribution is -0.0498. The number of alkyl halides is 2. The van der Waals surface area contributed by atoms with Crippen LogP contribution in [-0.2, 0) is 13.1 Å². The van der Waals surface area contributed by atoms with Crippen molar-refractivity contribution in [2.75, 3.05) is 0 Å². The van der Waals surface area contributed by atoms with Gasteiger partial charge >= 0.3 is 6.61 Å². The fourth-order valence-corrected chi connectivity index (χ4v) is 3.21. The minimum atomic E-state index is -2.91. The number of carbonyl (C=O) groups excluding carboxylic acids is 3. The molecular weight excluding hydrogens is 410 g/mol. The molecule has 1 aliphatic rings. The number of nitrogens with one attached hydrogen (secondary N) is 1. The van der Waals surface area contributed by atoms with Gasteiger partial charge in [-0.15, -0.1) is 0 Å². The van der Waals surface area contributed by atoms with Crippen LogP contribution >= 0.6 is 0 Å². The molecular formula is C22H16F2N2O5. The Kier molecular flexibility index (Phi) is 5.48. The van der Waals surface area contributed by atoms with Gasteiger partial charge in [-0.2, -0.15) is 8.78 Å². The van der Waals surface area contributed by atoms with Gasteiger partial charge in [-0.3, -0.25) is 19.3 Å². The van der Waals surface area contributed by atoms with Crippen molar-refractivity contribution in [1.82, 2.24) is 10.2 Å². The number of imide groups is 1. The highest BCUT2D eigenvalue weighted by Crippen LogP contribution is 2.26. The van der Waals surface area contributed by atoms with Crippen LogP contribution in [0.25, 0.3) is 0 Å². The molecule has 0 saturated carbocycles. The van der Waals surface area contributed by atoms with Gasteiger partial charge in [0.05, 0.1) is 23.9 Å². The molecule has 31 heavy (non-hydrogen) atoms. The van der Waals surface area contributed by atoms with Crippen LogP contribution in [0.15, 0.2) is 65.3 Å². The molecule has 3 aromatic rings. The highest BCUT2D eigenvalue weighted by molar-refractivity contribution is 6.22. The van der Waals surface area contributed by atoms with Crippen molar-refractivity contribution in [2.45, 2.75) is 19.7 Å². The lowest BCUT2D eigenvalue weighted by Crippen LogP contribution is -2.28. The van der Waals surface area contributed by atoms with E-state index in [4.69, 9.17) is 4.42 Å². The molecule has 2 heterocycles. The van der Waals surface area contributed by atoms with Gasteiger partial charge in [0, 0.05) is 12.1 Å². The Labute approximate surface area is 175 Å². The molecule has 0 unspecified atom stereocenters. The van der Waals surface area contributed by atoms with Gasteiger partial charge < -0.3 is 14.5 Å². The summed E-state index contributed by atoms with van der Waals surface area (Å²) in [6, 6.07) is 13.5. The van der Waals surface area contributed by atoms with Crippen molar-refractivity contribution in [2.24, 2.45) is 0 Å². The number of ether oxygens (including phenoxy) is 1. The molecule has 7 nitrogen and oxygen atoms in total. The summed E-state index contributed by atoms with van der Waals surface area (Å²) in [5, 5.41) is 2.69. The molecule has 1 N–H and O–H groups in total. The maximum Gasteiger partial charge on any atom is 0.387 e. The average molecular weight is 426 g/mol. The minimum Gasteiger partial charge on any atom is -0.467 e. The number of nitrogens with zero attached hydrogens (tertiary/aromatic N) is 1. The van der Waals surface area contributed by atoms with E-state index in [1.165, 1.54) is 36.6 Å². The molecule has 0 aliphatic carbocycles. The van der Waals surface area contributed by atoms with Crippen LogP contribution in [0, 0.1) is 0 Å². The zero-order valence-corrected chi connectivity index (χ0v) is 16.0. The number of furan rings is 1. The second-order valence-electron chi connectivity index (χ2n) is 6.74. The highest BCUT2D eigenvalue weighted by atomic mass is 19.3. The summed E-state index contributed by atoms with van der Waals surface area (Å²) in [6.07, 6.45) is 1.45. The molecule has 0 atom stereocenters. The Morgan fingerprint density at radius 3 is 2.45 bits per heavy atom. The minimum absolute atomic E-state index is 0.00610. The second-order valence-corrected chi connectivity index (χ2v) is 6.74. The van der Waals surface area contributed by atoms with Crippen molar-refractivity contribution < 1.29 is 32.3 Å². The van der Waals surface area contributed by atoms with Crippen LogP contribution < -0.4 is 10.1 Å². The van der Waals surface area contributed by atoms with E-state index >= 15 is 0 Å². The Balaban J connectivity index is 1.42. The maximum absolute atomic E-state index is 12.7. The quantitative estimate of drug-likeness (QED) is 0.583. The SMILES string of the molecule is O=C(NCc1ccc(OC(F)F)cc1)c1ccc2c(c1)C(=O)N(Cc1ccco1)C2=O. The van der Waals surface area contributed by atoms with Gasteiger partial charge in [-0.05, 0) is 48.0 Å². The normalized spacial score (nSPS) is 12.9. The van der Waals surface area contributed by atoms with Crippen LogP contribution in [0.5, 0.6) is 5.75 Å². The van der Waals surface area contributed by atoms with Crippen molar-refractivity contribution in [3.05, 3.63) is 88.9 Å². The lowest BCUT2D eigenvalue weighted by atomic mass is 10.1. The summed E-state index contributed by atoms with van der Waals surface area (Å²) in [4.78, 5) is 38.7. The molecule has 2 aromatic carbocycles. The largest absolute Gasteiger partial charge is 0.467 e. The lowest BCUT2D eigenvalue weighted by Gasteiger charge is -2.11. The van der Waals surface area contributed by atoms with E-state index < -0.39 is 24.3 Å². The molecule has 0 fully saturated rings. The van der Waals surface area contributed by atoms with Gasteiger partial charge in [-0.1, -0.05) is 12.1 Å². The van der Waals surface area contributed by atoms with Crippen molar-refractivity contribution in [3.8, 4) is 5.75 Å². The number of fused-ring (bicyclic) bond motifs is 1. The van der Waals surface area contributed by atoms with Gasteiger partial charge in [-0.25, -0.2) is 0 Å². The van der Waals surface area contributed by atoms with E-state index in [-0.39, 0.29) is 35.5 Å². The first-order valence-electron chi connectivity index (χ1n) is 9.27. The monoisotopic (exact) mass is 426 g/mol. The summed E-state index contributed by atoms with van der Waals surface area (Å²) in [5.74, 6) is -0.904. The van der Waals surface area contributed by atoms with Gasteiger partial charge in [0.1, 0.15) is 11.5 Å². The summed E-state index contributed by atoms with van der Waals surface area (Å²) in [7, 11) is 0. The Morgan fingerprint density at radius 2 is 1.77 bits per heavy atom. The highest BCUT2D eigenvalue weighted by Gasteiger charge is 2.36. The number of amides is 3. The van der Waals surface area contributed by atoms with E-state index in [1.54, 1.807) is 24.3 Å². The van der Waals surface area contributed by atoms with E-state index in [9.17, 15) is 23.2 Å². The zero-order chi connectivity index (χ0) is 22.0. The first kappa shape index (κ1) is 20.3. The predicted molar refractivity (Wildman–Crippen MR) is 104 cm³/mol. The van der Waals surface area contributed by atoms with Crippen LogP contribution in [0.4, 0.5) is 8.78 Å². The molecule has 9 heteroatoms. The molecule has 158 valence electrons. The number of rotatable bonds is 7. The molecule has 1 aromatic heterocycles. The molecule has 0 bridgehead atoms. The second kappa shape index (κ2) is 8.39. The third-order valence-electron chi connectivity index (χ3n) is 4.73. The van der Waals surface area contributed by atoms with Crippen molar-refractivity contribution in [3.63, 3.8) is 0 Å². The number of hydrogen-bond donors (Lipinski definition) is 1. The van der Waals surface area contributed by atoms with Crippen LogP contribution in [-0.4, -0.2) is 29.2 Å². The van der Waals surface area contributed by atoms with Crippen molar-refractivity contribution >= 4 is 17.7 Å². The smallest absolute Gasteiger partial charge is 0.387 e. The third-order valence-corrected chi connectivity index (χ3v) is 4.73. The van der Waals surface area contributed by atoms with E-state index in [2.05, 4.69) is 10.1 Å². The van der Waals surface area contributed by atoms with Crippen LogP contribution in [0.2, 0.25) is 0 Å². The molecule has 0 radical (unpaired) electrons. The Bertz CT molecular complexity index is 1130. The van der Waals surface area contributed by atoms with Crippen LogP contribution in [0.3, 0.4) is 0 Å². The summed E-state index contributed by atoms with van der Waals surface area (Å²) in [6.45, 7) is -2.76. The maximum atomic E-state index is 12.7. The van der Waals surface area contributed by atoms with E-state index in [0.29, 0.717) is 11.3 Å². The first-order valence-corrected chi connectivity index (χ1v) is 9.27. The standard InChI is InChI=1S/C22H16F2N2O5/c23-22(24)31-15-6-3-13(4-7-15)11-25-19(27)14-5-8-17-18(10-14)21(29)26(20(17)28)12-16-2-1-9-30-16/h1-10,22H,11-12H2,(H,25,27). The average Bonchev–Trinajstić information content (AvgIpc) is 3.35. The van der Waals surface area contributed by atoms with Crippen LogP contribution in [0.1, 0.15) is 42.4 Å². The summed E-state index contributed by atoms with van der Waals surface area (Å²) in [5.41, 5.74) is 1.27. The Hall–Kier alpha value is -4.01. The third kappa shape index (κ3) is 4.30. The summed E-state index contributed by atoms with van der Waals surface area (Å²) < 4.78 is 33.9. The molecule has 0 saturated heterocycles. The van der Waals surface area contributed by atoms with Gasteiger partial charge in [0.15, 0.2) is 0 Å². The number of hydrogen-bond acceptors (Lipinski definition) is 5. The number of benzene rings is 2. The van der Waals surface area contributed by atoms with Gasteiger partial charge in [0.2, 0.25) is 0 Å². The summed E-state index contributed by atoms with van der Waals surface area (Å²) >= 11 is 0. The van der Waals surface area contributed by atoms with Gasteiger partial charge in [0.25, 0.3) is 17.7 Å². The fourth-order valence-electron chi connectivity index (χ4n) is 3.21. The first-order chi connectivity index (χ1) is 14.9. The van der Waals surface area contributed by atoms with Crippen molar-refractivity contribution in [1.29, 1.82) is 0 Å². The topological polar surface area (TPSA) is 88.8 Å². The number of carbonyl (C=O) groups is 3. The molecule has 1 aliphatic heterocycles. The fraction of sp³-hybridized carbons (Fsp3) is 0.136. The Morgan fingerprint density at radius 1 is 1.03 bits per heavy atom.